The fourth-order valence-electron chi connectivity index (χ4n) is 8.48. The highest BCUT2D eigenvalue weighted by molar-refractivity contribution is 5.90. The SMILES string of the molecule is c1ccc(-c2nc3c[n+]4n(c3nc2-c2ccccc2)c2nc3nc(-c5ccccc5)c(-c5ccccc5)nc3n2c2nc3nc(-c5ccccc5)c(-c5ccccc5)nc3n24)cc1. The van der Waals surface area contributed by atoms with E-state index in [1.807, 2.05) is 170 Å². The number of benzene rings is 6. The van der Waals surface area contributed by atoms with Crippen molar-refractivity contribution in [3.05, 3.63) is 188 Å². The van der Waals surface area contributed by atoms with Gasteiger partial charge in [0.05, 0.1) is 34.2 Å². The normalized spacial score (nSPS) is 11.8. The second-order valence-electron chi connectivity index (χ2n) is 15.2. The molecule has 0 saturated carbocycles. The highest BCUT2D eigenvalue weighted by atomic mass is 15.6. The first-order valence-corrected chi connectivity index (χ1v) is 20.6. The summed E-state index contributed by atoms with van der Waals surface area (Å²) in [4.78, 5) is 42.9. The summed E-state index contributed by atoms with van der Waals surface area (Å²) in [5, 5.41) is 0. The summed E-state index contributed by atoms with van der Waals surface area (Å²) in [5.74, 6) is 0.971. The maximum absolute atomic E-state index is 5.47. The van der Waals surface area contributed by atoms with Gasteiger partial charge in [-0.2, -0.15) is 9.97 Å². The fourth-order valence-corrected chi connectivity index (χ4v) is 8.48. The largest absolute Gasteiger partial charge is 0.285 e. The average Bonchev–Trinajstić information content (AvgIpc) is 4.05. The van der Waals surface area contributed by atoms with Crippen LogP contribution in [0.4, 0.5) is 0 Å². The number of hydrogen-bond acceptors (Lipinski definition) is 8. The molecule has 0 saturated heterocycles. The number of nitrogens with zero attached hydrogens (tertiary/aromatic N) is 12. The molecule has 0 aliphatic rings. The van der Waals surface area contributed by atoms with Crippen LogP contribution in [0.5, 0.6) is 0 Å². The van der Waals surface area contributed by atoms with Crippen LogP contribution < -0.4 is 4.63 Å². The minimum atomic E-state index is 0.436. The molecule has 0 bridgehead atoms. The Bertz CT molecular complexity index is 3430. The van der Waals surface area contributed by atoms with Crippen molar-refractivity contribution < 1.29 is 4.63 Å². The van der Waals surface area contributed by atoms with Gasteiger partial charge in [-0.3, -0.25) is 0 Å². The summed E-state index contributed by atoms with van der Waals surface area (Å²) in [6, 6.07) is 60.7. The van der Waals surface area contributed by atoms with E-state index < -0.39 is 0 Å². The standard InChI is InChI=1S/C51H31N12/c1-7-19-32(20-8-1)39-42(35-25-13-4-14-26-35)55-47-38(52-39)31-60-62(47)50-58-45-48(56-43(36-27-15-5-16-28-36)40(53-45)33-21-9-2-10-22-33)61(50)51-59-46-49(63(51)60)57-44(37-29-17-6-18-30-37)41(54-46)34-23-11-3-12-24-34/h1-31H/q+1. The molecule has 0 fully saturated rings. The Hall–Kier alpha value is -9.03. The summed E-state index contributed by atoms with van der Waals surface area (Å²) in [6.45, 7) is 0. The molecule has 0 atom stereocenters. The van der Waals surface area contributed by atoms with Crippen molar-refractivity contribution in [2.75, 3.05) is 0 Å². The summed E-state index contributed by atoms with van der Waals surface area (Å²) >= 11 is 0. The third-order valence-electron chi connectivity index (χ3n) is 11.4. The molecule has 0 unspecified atom stereocenters. The molecule has 7 aromatic heterocycles. The third kappa shape index (κ3) is 5.45. The van der Waals surface area contributed by atoms with E-state index in [0.717, 1.165) is 44.8 Å². The van der Waals surface area contributed by atoms with Crippen molar-refractivity contribution in [3.8, 4) is 67.5 Å². The summed E-state index contributed by atoms with van der Waals surface area (Å²) in [5.41, 5.74) is 13.0. The monoisotopic (exact) mass is 811 g/mol. The van der Waals surface area contributed by atoms with Gasteiger partial charge in [0.1, 0.15) is 0 Å². The van der Waals surface area contributed by atoms with Crippen molar-refractivity contribution in [1.29, 1.82) is 0 Å². The van der Waals surface area contributed by atoms with Crippen LogP contribution in [0.2, 0.25) is 0 Å². The van der Waals surface area contributed by atoms with E-state index in [4.69, 9.17) is 39.9 Å². The molecule has 0 aliphatic carbocycles. The minimum absolute atomic E-state index is 0.436. The maximum Gasteiger partial charge on any atom is 0.285 e. The second-order valence-corrected chi connectivity index (χ2v) is 15.2. The van der Waals surface area contributed by atoms with E-state index in [9.17, 15) is 0 Å². The number of fused-ring (bicyclic) bond motifs is 12. The fraction of sp³-hybridized carbons (Fsp3) is 0. The lowest BCUT2D eigenvalue weighted by atomic mass is 10.0. The van der Waals surface area contributed by atoms with Crippen molar-refractivity contribution in [3.63, 3.8) is 0 Å². The topological polar surface area (TPSA) is 120 Å². The Balaban J connectivity index is 1.22. The van der Waals surface area contributed by atoms with Crippen LogP contribution in [0, 0.1) is 0 Å². The molecule has 0 spiro atoms. The Morgan fingerprint density at radius 2 is 0.587 bits per heavy atom. The molecule has 7 heterocycles. The van der Waals surface area contributed by atoms with Crippen LogP contribution in [0.3, 0.4) is 0 Å². The van der Waals surface area contributed by atoms with E-state index in [1.54, 1.807) is 0 Å². The second kappa shape index (κ2) is 13.8. The van der Waals surface area contributed by atoms with Crippen LogP contribution in [0.25, 0.3) is 113 Å². The quantitative estimate of drug-likeness (QED) is 0.152. The zero-order chi connectivity index (χ0) is 41.4. The molecule has 0 N–H and O–H groups in total. The first-order valence-electron chi connectivity index (χ1n) is 20.6. The van der Waals surface area contributed by atoms with E-state index in [2.05, 4.69) is 36.4 Å². The van der Waals surface area contributed by atoms with Gasteiger partial charge in [0.25, 0.3) is 17.8 Å². The van der Waals surface area contributed by atoms with E-state index in [1.165, 1.54) is 0 Å². The zero-order valence-electron chi connectivity index (χ0n) is 33.3. The minimum Gasteiger partial charge on any atom is -0.236 e. The maximum atomic E-state index is 5.47. The van der Waals surface area contributed by atoms with Crippen molar-refractivity contribution in [2.45, 2.75) is 0 Å². The first-order chi connectivity index (χ1) is 31.2. The van der Waals surface area contributed by atoms with Gasteiger partial charge in [0.2, 0.25) is 22.6 Å². The first kappa shape index (κ1) is 34.8. The molecule has 0 amide bonds. The van der Waals surface area contributed by atoms with Crippen molar-refractivity contribution in [2.24, 2.45) is 0 Å². The molecule has 13 rings (SSSR count). The summed E-state index contributed by atoms with van der Waals surface area (Å²) in [6.07, 6.45) is 1.96. The van der Waals surface area contributed by atoms with Gasteiger partial charge in [-0.15, -0.1) is 0 Å². The molecule has 0 radical (unpaired) electrons. The van der Waals surface area contributed by atoms with Crippen molar-refractivity contribution >= 4 is 45.3 Å². The van der Waals surface area contributed by atoms with Crippen LogP contribution in [0.1, 0.15) is 0 Å². The lowest BCUT2D eigenvalue weighted by molar-refractivity contribution is -0.683. The van der Waals surface area contributed by atoms with Gasteiger partial charge in [0, 0.05) is 38.0 Å². The lowest BCUT2D eigenvalue weighted by Gasteiger charge is -2.09. The Kier molecular flexibility index (Phi) is 7.60. The molecule has 0 aliphatic heterocycles. The van der Waals surface area contributed by atoms with E-state index in [0.29, 0.717) is 68.1 Å². The average molecular weight is 812 g/mol. The molecule has 12 heteroatoms. The number of rotatable bonds is 6. The highest BCUT2D eigenvalue weighted by Gasteiger charge is 2.32. The molecule has 6 aromatic carbocycles. The number of imidazole rings is 2. The third-order valence-corrected chi connectivity index (χ3v) is 11.4. The van der Waals surface area contributed by atoms with Crippen LogP contribution in [-0.2, 0) is 0 Å². The van der Waals surface area contributed by atoms with E-state index in [-0.39, 0.29) is 0 Å². The molecule has 13 aromatic rings. The van der Waals surface area contributed by atoms with Gasteiger partial charge in [-0.1, -0.05) is 182 Å². The summed E-state index contributed by atoms with van der Waals surface area (Å²) in [7, 11) is 0. The van der Waals surface area contributed by atoms with E-state index >= 15 is 0 Å². The van der Waals surface area contributed by atoms with Crippen LogP contribution in [0.15, 0.2) is 188 Å². The number of hydrogen-bond donors (Lipinski definition) is 0. The van der Waals surface area contributed by atoms with Crippen LogP contribution >= 0.6 is 0 Å². The summed E-state index contributed by atoms with van der Waals surface area (Å²) < 4.78 is 7.76. The Morgan fingerprint density at radius 1 is 0.286 bits per heavy atom. The van der Waals surface area contributed by atoms with Gasteiger partial charge in [-0.05, 0) is 9.03 Å². The molecule has 294 valence electrons. The Morgan fingerprint density at radius 3 is 0.984 bits per heavy atom. The highest BCUT2D eigenvalue weighted by Crippen LogP contribution is 2.35. The van der Waals surface area contributed by atoms with Gasteiger partial charge in [-0.25, -0.2) is 34.3 Å². The molecule has 12 nitrogen and oxygen atoms in total. The predicted molar refractivity (Wildman–Crippen MR) is 242 cm³/mol. The van der Waals surface area contributed by atoms with Gasteiger partial charge in [0.15, 0.2) is 11.2 Å². The zero-order valence-corrected chi connectivity index (χ0v) is 33.3. The van der Waals surface area contributed by atoms with Gasteiger partial charge >= 0.3 is 0 Å². The molecular weight excluding hydrogens is 781 g/mol. The lowest BCUT2D eigenvalue weighted by Crippen LogP contribution is -2.38. The predicted octanol–water partition coefficient (Wildman–Crippen LogP) is 9.65. The molecule has 63 heavy (non-hydrogen) atoms. The van der Waals surface area contributed by atoms with Gasteiger partial charge < -0.3 is 0 Å². The Labute approximate surface area is 357 Å². The smallest absolute Gasteiger partial charge is 0.236 e. The van der Waals surface area contributed by atoms with Crippen molar-refractivity contribution in [1.82, 2.24) is 53.3 Å². The molecular formula is C51H31N12+. The number of aromatic nitrogens is 12. The van der Waals surface area contributed by atoms with Crippen LogP contribution in [-0.4, -0.2) is 53.3 Å².